The largest absolute Gasteiger partial charge is 0.573 e. The molecule has 1 aliphatic heterocycles. The molecule has 1 aliphatic rings. The second kappa shape index (κ2) is 9.27. The monoisotopic (exact) mass is 462 g/mol. The highest BCUT2D eigenvalue weighted by Crippen LogP contribution is 2.32. The van der Waals surface area contributed by atoms with Gasteiger partial charge >= 0.3 is 6.36 Å². The van der Waals surface area contributed by atoms with Crippen LogP contribution in [0.5, 0.6) is 11.5 Å². The number of likely N-dealkylation sites (tertiary alicyclic amines) is 1. The van der Waals surface area contributed by atoms with E-state index in [4.69, 9.17) is 4.74 Å². The van der Waals surface area contributed by atoms with Crippen LogP contribution >= 0.6 is 0 Å². The lowest BCUT2D eigenvalue weighted by Gasteiger charge is -2.30. The van der Waals surface area contributed by atoms with Gasteiger partial charge in [-0.3, -0.25) is 9.36 Å². The van der Waals surface area contributed by atoms with Crippen LogP contribution in [0, 0.1) is 5.82 Å². The predicted octanol–water partition coefficient (Wildman–Crippen LogP) is 5.02. The Hall–Kier alpha value is -3.33. The molecule has 0 bridgehead atoms. The third kappa shape index (κ3) is 5.73. The number of aromatic nitrogens is 1. The highest BCUT2D eigenvalue weighted by atomic mass is 19.4. The van der Waals surface area contributed by atoms with E-state index in [1.54, 1.807) is 18.3 Å². The zero-order chi connectivity index (χ0) is 23.6. The van der Waals surface area contributed by atoms with Crippen LogP contribution < -0.4 is 15.0 Å². The summed E-state index contributed by atoms with van der Waals surface area (Å²) >= 11 is 0. The standard InChI is InChI=1S/C24H22F4N2O3/c1-29-12-10-19(11-13-29)32-22-14-23(31)30(15-21(22)16-2-4-17(25)5-3-16)18-6-8-20(9-7-18)33-24(26,27)28/h2-9,14-15,19H,10-13H2,1H3. The Kier molecular flexibility index (Phi) is 6.42. The van der Waals surface area contributed by atoms with Gasteiger partial charge in [-0.05, 0) is 61.9 Å². The van der Waals surface area contributed by atoms with Gasteiger partial charge in [0.05, 0.1) is 0 Å². The summed E-state index contributed by atoms with van der Waals surface area (Å²) in [6.07, 6.45) is -1.69. The van der Waals surface area contributed by atoms with Crippen molar-refractivity contribution >= 4 is 0 Å². The molecule has 0 unspecified atom stereocenters. The zero-order valence-corrected chi connectivity index (χ0v) is 17.8. The van der Waals surface area contributed by atoms with Gasteiger partial charge in [-0.1, -0.05) is 12.1 Å². The Morgan fingerprint density at radius 3 is 2.21 bits per heavy atom. The van der Waals surface area contributed by atoms with Crippen molar-refractivity contribution in [2.75, 3.05) is 20.1 Å². The number of alkyl halides is 3. The number of hydrogen-bond acceptors (Lipinski definition) is 4. The van der Waals surface area contributed by atoms with E-state index in [1.165, 1.54) is 34.9 Å². The minimum Gasteiger partial charge on any atom is -0.489 e. The summed E-state index contributed by atoms with van der Waals surface area (Å²) in [4.78, 5) is 15.1. The van der Waals surface area contributed by atoms with E-state index in [1.807, 2.05) is 7.05 Å². The quantitative estimate of drug-likeness (QED) is 0.500. The summed E-state index contributed by atoms with van der Waals surface area (Å²) in [5.74, 6) is -0.403. The molecule has 0 atom stereocenters. The van der Waals surface area contributed by atoms with Crippen molar-refractivity contribution in [3.63, 3.8) is 0 Å². The fourth-order valence-electron chi connectivity index (χ4n) is 3.75. The molecule has 33 heavy (non-hydrogen) atoms. The Balaban J connectivity index is 1.71. The summed E-state index contributed by atoms with van der Waals surface area (Å²) in [6, 6.07) is 12.1. The van der Waals surface area contributed by atoms with Crippen molar-refractivity contribution in [2.24, 2.45) is 0 Å². The first kappa shape index (κ1) is 22.8. The zero-order valence-electron chi connectivity index (χ0n) is 17.8. The SMILES string of the molecule is CN1CCC(Oc2cc(=O)n(-c3ccc(OC(F)(F)F)cc3)cc2-c2ccc(F)cc2)CC1. The number of hydrogen-bond donors (Lipinski definition) is 0. The summed E-state index contributed by atoms with van der Waals surface area (Å²) < 4.78 is 62.2. The first-order valence-electron chi connectivity index (χ1n) is 10.4. The molecule has 1 saturated heterocycles. The number of piperidine rings is 1. The fourth-order valence-corrected chi connectivity index (χ4v) is 3.75. The highest BCUT2D eigenvalue weighted by Gasteiger charge is 2.31. The van der Waals surface area contributed by atoms with Crippen LogP contribution in [0.4, 0.5) is 17.6 Å². The molecule has 0 amide bonds. The van der Waals surface area contributed by atoms with Crippen molar-refractivity contribution in [2.45, 2.75) is 25.3 Å². The minimum atomic E-state index is -4.80. The fraction of sp³-hybridized carbons (Fsp3) is 0.292. The number of rotatable bonds is 5. The number of halogens is 4. The molecule has 4 rings (SSSR count). The van der Waals surface area contributed by atoms with Gasteiger partial charge in [0.15, 0.2) is 0 Å². The average Bonchev–Trinajstić information content (AvgIpc) is 2.76. The van der Waals surface area contributed by atoms with Gasteiger partial charge in [0, 0.05) is 36.6 Å². The van der Waals surface area contributed by atoms with Crippen LogP contribution in [0.3, 0.4) is 0 Å². The van der Waals surface area contributed by atoms with Gasteiger partial charge in [0.1, 0.15) is 23.4 Å². The molecule has 0 aliphatic carbocycles. The molecule has 0 saturated carbocycles. The smallest absolute Gasteiger partial charge is 0.489 e. The third-order valence-corrected chi connectivity index (χ3v) is 5.48. The summed E-state index contributed by atoms with van der Waals surface area (Å²) in [7, 11) is 2.03. The van der Waals surface area contributed by atoms with Crippen molar-refractivity contribution in [1.29, 1.82) is 0 Å². The van der Waals surface area contributed by atoms with Crippen LogP contribution in [-0.2, 0) is 0 Å². The second-order valence-corrected chi connectivity index (χ2v) is 7.93. The molecule has 5 nitrogen and oxygen atoms in total. The van der Waals surface area contributed by atoms with E-state index >= 15 is 0 Å². The normalized spacial score (nSPS) is 15.4. The average molecular weight is 462 g/mol. The molecule has 3 aromatic rings. The molecule has 1 fully saturated rings. The van der Waals surface area contributed by atoms with Gasteiger partial charge in [-0.2, -0.15) is 0 Å². The Labute approximate surface area is 187 Å². The lowest BCUT2D eigenvalue weighted by molar-refractivity contribution is -0.274. The van der Waals surface area contributed by atoms with Gasteiger partial charge in [0.25, 0.3) is 5.56 Å². The molecular weight excluding hydrogens is 440 g/mol. The Morgan fingerprint density at radius 1 is 0.970 bits per heavy atom. The maximum Gasteiger partial charge on any atom is 0.573 e. The highest BCUT2D eigenvalue weighted by molar-refractivity contribution is 5.70. The van der Waals surface area contributed by atoms with E-state index in [9.17, 15) is 22.4 Å². The van der Waals surface area contributed by atoms with Gasteiger partial charge in [-0.25, -0.2) is 4.39 Å². The molecule has 0 N–H and O–H groups in total. The summed E-state index contributed by atoms with van der Waals surface area (Å²) in [5, 5.41) is 0. The second-order valence-electron chi connectivity index (χ2n) is 7.93. The number of pyridine rings is 1. The summed E-state index contributed by atoms with van der Waals surface area (Å²) in [5.41, 5.74) is 1.16. The molecule has 2 heterocycles. The number of nitrogens with zero attached hydrogens (tertiary/aromatic N) is 2. The van der Waals surface area contributed by atoms with Crippen LogP contribution in [0.15, 0.2) is 65.6 Å². The Bertz CT molecular complexity index is 1150. The molecule has 1 aromatic heterocycles. The first-order chi connectivity index (χ1) is 15.7. The van der Waals surface area contributed by atoms with Crippen molar-refractivity contribution < 1.29 is 27.0 Å². The third-order valence-electron chi connectivity index (χ3n) is 5.48. The lowest BCUT2D eigenvalue weighted by atomic mass is 10.1. The van der Waals surface area contributed by atoms with E-state index in [0.29, 0.717) is 22.6 Å². The number of ether oxygens (including phenoxy) is 2. The molecule has 0 radical (unpaired) electrons. The molecule has 174 valence electrons. The minimum absolute atomic E-state index is 0.0607. The Morgan fingerprint density at radius 2 is 1.61 bits per heavy atom. The van der Waals surface area contributed by atoms with Crippen molar-refractivity contribution in [3.05, 3.63) is 77.0 Å². The van der Waals surface area contributed by atoms with Crippen LogP contribution in [-0.4, -0.2) is 42.1 Å². The van der Waals surface area contributed by atoms with E-state index in [2.05, 4.69) is 9.64 Å². The van der Waals surface area contributed by atoms with E-state index in [-0.39, 0.29) is 11.9 Å². The van der Waals surface area contributed by atoms with Gasteiger partial charge in [0.2, 0.25) is 0 Å². The van der Waals surface area contributed by atoms with Crippen molar-refractivity contribution in [1.82, 2.24) is 9.47 Å². The van der Waals surface area contributed by atoms with Gasteiger partial charge < -0.3 is 14.4 Å². The molecule has 2 aromatic carbocycles. The van der Waals surface area contributed by atoms with E-state index in [0.717, 1.165) is 38.1 Å². The molecule has 9 heteroatoms. The van der Waals surface area contributed by atoms with Gasteiger partial charge in [-0.15, -0.1) is 13.2 Å². The van der Waals surface area contributed by atoms with Crippen molar-refractivity contribution in [3.8, 4) is 28.3 Å². The predicted molar refractivity (Wildman–Crippen MR) is 115 cm³/mol. The molecule has 0 spiro atoms. The molecular formula is C24H22F4N2O3. The first-order valence-corrected chi connectivity index (χ1v) is 10.4. The number of benzene rings is 2. The maximum absolute atomic E-state index is 13.5. The lowest BCUT2D eigenvalue weighted by Crippen LogP contribution is -2.36. The summed E-state index contributed by atoms with van der Waals surface area (Å²) in [6.45, 7) is 1.75. The van der Waals surface area contributed by atoms with Crippen LogP contribution in [0.2, 0.25) is 0 Å². The van der Waals surface area contributed by atoms with E-state index < -0.39 is 17.7 Å². The maximum atomic E-state index is 13.5. The van der Waals surface area contributed by atoms with Crippen LogP contribution in [0.25, 0.3) is 16.8 Å². The topological polar surface area (TPSA) is 43.7 Å². The van der Waals surface area contributed by atoms with Crippen LogP contribution in [0.1, 0.15) is 12.8 Å².